The van der Waals surface area contributed by atoms with Crippen molar-refractivity contribution >= 4 is 15.9 Å². The zero-order valence-corrected chi connectivity index (χ0v) is 14.0. The maximum atomic E-state index is 12.4. The molecule has 6 nitrogen and oxygen atoms in total. The Morgan fingerprint density at radius 3 is 2.33 bits per heavy atom. The molecule has 21 heavy (non-hydrogen) atoms. The molecule has 0 fully saturated rings. The van der Waals surface area contributed by atoms with Crippen LogP contribution in [0.5, 0.6) is 5.75 Å². The van der Waals surface area contributed by atoms with Gasteiger partial charge in [-0.3, -0.25) is 4.31 Å². The lowest BCUT2D eigenvalue weighted by molar-refractivity contribution is 0.415. The Labute approximate surface area is 127 Å². The molecule has 0 aliphatic heterocycles. The van der Waals surface area contributed by atoms with Crippen LogP contribution in [0.25, 0.3) is 0 Å². The molecule has 1 N–H and O–H groups in total. The van der Waals surface area contributed by atoms with E-state index in [4.69, 9.17) is 4.74 Å². The van der Waals surface area contributed by atoms with Gasteiger partial charge in [-0.15, -0.1) is 0 Å². The third kappa shape index (κ3) is 4.87. The first-order chi connectivity index (χ1) is 9.93. The average Bonchev–Trinajstić information content (AvgIpc) is 2.50. The SMILES string of the molecule is CCNCCCN(C)S(=O)(=O)N(C)c1ccc(OC)cc1. The Kier molecular flexibility index (Phi) is 6.94. The quantitative estimate of drug-likeness (QED) is 0.698. The average molecular weight is 315 g/mol. The van der Waals surface area contributed by atoms with Gasteiger partial charge in [-0.25, -0.2) is 0 Å². The number of nitrogens with one attached hydrogen (secondary N) is 1. The molecule has 0 unspecified atom stereocenters. The van der Waals surface area contributed by atoms with Crippen LogP contribution in [0.3, 0.4) is 0 Å². The van der Waals surface area contributed by atoms with Crippen molar-refractivity contribution in [2.24, 2.45) is 0 Å². The highest BCUT2D eigenvalue weighted by Gasteiger charge is 2.23. The normalized spacial score (nSPS) is 11.7. The van der Waals surface area contributed by atoms with E-state index in [0.717, 1.165) is 19.5 Å². The Morgan fingerprint density at radius 1 is 1.19 bits per heavy atom. The Morgan fingerprint density at radius 2 is 1.81 bits per heavy atom. The van der Waals surface area contributed by atoms with E-state index < -0.39 is 10.2 Å². The zero-order valence-electron chi connectivity index (χ0n) is 13.2. The van der Waals surface area contributed by atoms with Gasteiger partial charge in [0.2, 0.25) is 0 Å². The van der Waals surface area contributed by atoms with Gasteiger partial charge >= 0.3 is 10.2 Å². The van der Waals surface area contributed by atoms with Crippen molar-refractivity contribution < 1.29 is 13.2 Å². The van der Waals surface area contributed by atoms with Gasteiger partial charge < -0.3 is 10.1 Å². The molecule has 0 aliphatic rings. The van der Waals surface area contributed by atoms with E-state index in [-0.39, 0.29) is 0 Å². The fourth-order valence-corrected chi connectivity index (χ4v) is 3.02. The van der Waals surface area contributed by atoms with Crippen molar-refractivity contribution in [3.63, 3.8) is 0 Å². The Balaban J connectivity index is 2.70. The van der Waals surface area contributed by atoms with Crippen molar-refractivity contribution in [1.29, 1.82) is 0 Å². The predicted molar refractivity (Wildman–Crippen MR) is 86.1 cm³/mol. The van der Waals surface area contributed by atoms with E-state index in [2.05, 4.69) is 5.32 Å². The summed E-state index contributed by atoms with van der Waals surface area (Å²) < 4.78 is 32.6. The van der Waals surface area contributed by atoms with Gasteiger partial charge in [0, 0.05) is 20.6 Å². The number of methoxy groups -OCH3 is 1. The number of ether oxygens (including phenoxy) is 1. The molecule has 7 heteroatoms. The highest BCUT2D eigenvalue weighted by Crippen LogP contribution is 2.21. The Bertz CT molecular complexity index is 517. The van der Waals surface area contributed by atoms with Gasteiger partial charge in [0.15, 0.2) is 0 Å². The molecule has 0 amide bonds. The third-order valence-electron chi connectivity index (χ3n) is 3.25. The second-order valence-electron chi connectivity index (χ2n) is 4.70. The van der Waals surface area contributed by atoms with E-state index >= 15 is 0 Å². The van der Waals surface area contributed by atoms with Gasteiger partial charge in [-0.2, -0.15) is 12.7 Å². The largest absolute Gasteiger partial charge is 0.497 e. The highest BCUT2D eigenvalue weighted by molar-refractivity contribution is 7.90. The molecule has 0 saturated heterocycles. The van der Waals surface area contributed by atoms with Crippen molar-refractivity contribution in [3.05, 3.63) is 24.3 Å². The number of rotatable bonds is 9. The number of hydrogen-bond donors (Lipinski definition) is 1. The lowest BCUT2D eigenvalue weighted by Crippen LogP contribution is -2.40. The standard InChI is InChI=1S/C14H25N3O3S/c1-5-15-11-6-12-16(2)21(18,19)17(3)13-7-9-14(20-4)10-8-13/h7-10,15H,5-6,11-12H2,1-4H3. The summed E-state index contributed by atoms with van der Waals surface area (Å²) in [5.74, 6) is 0.698. The lowest BCUT2D eigenvalue weighted by Gasteiger charge is -2.26. The van der Waals surface area contributed by atoms with E-state index in [1.807, 2.05) is 6.92 Å². The minimum atomic E-state index is -3.50. The van der Waals surface area contributed by atoms with Crippen molar-refractivity contribution in [1.82, 2.24) is 9.62 Å². The van der Waals surface area contributed by atoms with Crippen molar-refractivity contribution in [2.45, 2.75) is 13.3 Å². The molecule has 0 radical (unpaired) electrons. The number of anilines is 1. The van der Waals surface area contributed by atoms with Crippen LogP contribution < -0.4 is 14.4 Å². The van der Waals surface area contributed by atoms with Gasteiger partial charge in [0.25, 0.3) is 0 Å². The first kappa shape index (κ1) is 17.7. The summed E-state index contributed by atoms with van der Waals surface area (Å²) in [7, 11) is 1.23. The monoisotopic (exact) mass is 315 g/mol. The minimum absolute atomic E-state index is 0.482. The van der Waals surface area contributed by atoms with Crippen LogP contribution in [0.4, 0.5) is 5.69 Å². The summed E-state index contributed by atoms with van der Waals surface area (Å²) in [6.07, 6.45) is 0.778. The molecular weight excluding hydrogens is 290 g/mol. The molecule has 0 spiro atoms. The summed E-state index contributed by atoms with van der Waals surface area (Å²) >= 11 is 0. The summed E-state index contributed by atoms with van der Waals surface area (Å²) in [5.41, 5.74) is 0.606. The summed E-state index contributed by atoms with van der Waals surface area (Å²) in [6.45, 7) is 4.21. The second-order valence-corrected chi connectivity index (χ2v) is 6.77. The minimum Gasteiger partial charge on any atom is -0.497 e. The van der Waals surface area contributed by atoms with Crippen LogP contribution in [0.15, 0.2) is 24.3 Å². The summed E-state index contributed by atoms with van der Waals surface area (Å²) in [4.78, 5) is 0. The molecule has 0 heterocycles. The highest BCUT2D eigenvalue weighted by atomic mass is 32.2. The molecule has 1 aromatic rings. The number of benzene rings is 1. The summed E-state index contributed by atoms with van der Waals surface area (Å²) in [5, 5.41) is 3.18. The molecule has 0 bridgehead atoms. The van der Waals surface area contributed by atoms with Crippen LogP contribution in [-0.2, 0) is 10.2 Å². The topological polar surface area (TPSA) is 61.9 Å². The van der Waals surface area contributed by atoms with E-state index in [9.17, 15) is 8.42 Å². The first-order valence-corrected chi connectivity index (χ1v) is 8.38. The van der Waals surface area contributed by atoms with Crippen LogP contribution in [0, 0.1) is 0 Å². The third-order valence-corrected chi connectivity index (χ3v) is 5.13. The fourth-order valence-electron chi connectivity index (χ4n) is 1.85. The van der Waals surface area contributed by atoms with Crippen molar-refractivity contribution in [3.8, 4) is 5.75 Å². The van der Waals surface area contributed by atoms with E-state index in [1.54, 1.807) is 45.5 Å². The predicted octanol–water partition coefficient (Wildman–Crippen LogP) is 1.31. The number of nitrogens with zero attached hydrogens (tertiary/aromatic N) is 2. The smallest absolute Gasteiger partial charge is 0.303 e. The Hall–Kier alpha value is -1.31. The molecule has 120 valence electrons. The van der Waals surface area contributed by atoms with Crippen LogP contribution in [-0.4, -0.2) is 53.6 Å². The number of hydrogen-bond acceptors (Lipinski definition) is 4. The molecule has 1 aromatic carbocycles. The molecule has 0 atom stereocenters. The molecule has 0 saturated carbocycles. The molecule has 0 aliphatic carbocycles. The van der Waals surface area contributed by atoms with Crippen LogP contribution >= 0.6 is 0 Å². The molecule has 0 aromatic heterocycles. The van der Waals surface area contributed by atoms with Crippen LogP contribution in [0.1, 0.15) is 13.3 Å². The summed E-state index contributed by atoms with van der Waals surface area (Å²) in [6, 6.07) is 6.94. The van der Waals surface area contributed by atoms with Gasteiger partial charge in [0.1, 0.15) is 5.75 Å². The lowest BCUT2D eigenvalue weighted by atomic mass is 10.3. The van der Waals surface area contributed by atoms with Gasteiger partial charge in [0.05, 0.1) is 12.8 Å². The fraction of sp³-hybridized carbons (Fsp3) is 0.571. The first-order valence-electron chi connectivity index (χ1n) is 6.98. The maximum Gasteiger partial charge on any atom is 0.303 e. The van der Waals surface area contributed by atoms with E-state index in [1.165, 1.54) is 8.61 Å². The molecule has 1 rings (SSSR count). The zero-order chi connectivity index (χ0) is 15.9. The van der Waals surface area contributed by atoms with Gasteiger partial charge in [-0.1, -0.05) is 6.92 Å². The van der Waals surface area contributed by atoms with Crippen molar-refractivity contribution in [2.75, 3.05) is 45.1 Å². The van der Waals surface area contributed by atoms with E-state index in [0.29, 0.717) is 18.0 Å². The molecular formula is C14H25N3O3S. The van der Waals surface area contributed by atoms with Crippen LogP contribution in [0.2, 0.25) is 0 Å². The second kappa shape index (κ2) is 8.21. The van der Waals surface area contributed by atoms with Gasteiger partial charge in [-0.05, 0) is 43.8 Å². The maximum absolute atomic E-state index is 12.4.